The molecule has 17 nitrogen and oxygen atoms in total. The first-order chi connectivity index (χ1) is 35.0. The molecule has 0 radical (unpaired) electrons. The minimum absolute atomic E-state index is 0.0974. The number of urea groups is 1. The number of cyclic esters (lactones) is 1. The number of carbonyl (C=O) groups is 5. The van der Waals surface area contributed by atoms with E-state index in [2.05, 4.69) is 15.7 Å². The molecule has 22 heteroatoms. The molecule has 7 heterocycles. The maximum absolute atomic E-state index is 14.9. The number of aromatic nitrogens is 3. The van der Waals surface area contributed by atoms with Gasteiger partial charge in [0, 0.05) is 85.3 Å². The van der Waals surface area contributed by atoms with Gasteiger partial charge in [0.15, 0.2) is 0 Å². The lowest BCUT2D eigenvalue weighted by Crippen LogP contribution is -2.66. The van der Waals surface area contributed by atoms with Gasteiger partial charge in [-0.05, 0) is 74.9 Å². The van der Waals surface area contributed by atoms with E-state index in [4.69, 9.17) is 19.2 Å². The third kappa shape index (κ3) is 11.3. The van der Waals surface area contributed by atoms with Crippen molar-refractivity contribution in [3.63, 3.8) is 0 Å². The number of nitrogens with zero attached hydrogens (tertiary/aromatic N) is 7. The highest BCUT2D eigenvalue weighted by Crippen LogP contribution is 2.43. The number of carbonyl (C=O) groups excluding carboxylic acids is 5. The van der Waals surface area contributed by atoms with E-state index in [1.165, 1.54) is 50.9 Å². The Balaban J connectivity index is 1.16. The van der Waals surface area contributed by atoms with Crippen LogP contribution in [0.2, 0.25) is 0 Å². The molecule has 5 amide bonds. The number of thiazole rings is 1. The summed E-state index contributed by atoms with van der Waals surface area (Å²) in [7, 11) is 3.01. The van der Waals surface area contributed by atoms with Crippen LogP contribution >= 0.6 is 11.3 Å². The number of allylic oxidation sites excluding steroid dienone is 1. The first-order valence-corrected chi connectivity index (χ1v) is 25.8. The van der Waals surface area contributed by atoms with E-state index in [1.54, 1.807) is 68.4 Å². The molecule has 6 bridgehead atoms. The SMILES string of the molecule is CO[C@@H](C)c1ncccc1-c1c2c3cc(ccc3n1CC(F)(F)F)-c1csc(n1)C[C@H](NC(=O)[C@H](C(C)C)N(C)C(=O)N1C[C@@H]3OCCN(C(=O)/C=C/CF)[C@@H]3C1)C(=O)N1CCC[C@@](C)(N1)C(=O)OCC(C)(C)C2. The second kappa shape index (κ2) is 21.7. The number of fused-ring (bicyclic) bond motifs is 7. The molecule has 4 aromatic rings. The standard InChI is InChI=1S/C52H65F4N9O8S/c1-30(2)44(61(7)49(70)62-25-39-40(26-62)72-21-20-63(39)42(66)13-9-17-53)46(67)59-36-23-41-58-37(27-74-41)32-14-15-38-34(22-32)35(24-50(4,5)29-73-48(69)51(6)16-11-19-65(60-51)47(36)68)45(64(38)28-52(54,55)56)33-12-10-18-57-43(33)31(3)71-8/h9-10,12-15,18,22,27,30-31,36,39-40,44,60H,11,16-17,19-21,23-26,28-29H2,1-8H3,(H,59,67)/b13-9+/t31-,36-,39+,40-,44-,51+/m0/s1. The van der Waals surface area contributed by atoms with Crippen molar-refractivity contribution in [3.05, 3.63) is 70.3 Å². The van der Waals surface area contributed by atoms with E-state index in [0.717, 1.165) is 6.08 Å². The molecule has 3 saturated heterocycles. The molecule has 4 aliphatic rings. The normalized spacial score (nSPS) is 23.4. The molecule has 0 aliphatic carbocycles. The highest BCUT2D eigenvalue weighted by molar-refractivity contribution is 7.10. The topological polar surface area (TPSA) is 181 Å². The first-order valence-electron chi connectivity index (χ1n) is 24.9. The molecule has 2 N–H and O–H groups in total. The fourth-order valence-electron chi connectivity index (χ4n) is 10.7. The fourth-order valence-corrected chi connectivity index (χ4v) is 11.6. The van der Waals surface area contributed by atoms with Gasteiger partial charge in [0.25, 0.3) is 5.91 Å². The molecule has 4 aliphatic heterocycles. The molecule has 6 atom stereocenters. The zero-order chi connectivity index (χ0) is 53.4. The number of halogens is 4. The highest BCUT2D eigenvalue weighted by Gasteiger charge is 2.47. The maximum Gasteiger partial charge on any atom is 0.406 e. The second-order valence-electron chi connectivity index (χ2n) is 21.0. The summed E-state index contributed by atoms with van der Waals surface area (Å²) in [4.78, 5) is 85.0. The Bertz CT molecular complexity index is 2800. The number of amides is 5. The Morgan fingerprint density at radius 3 is 2.59 bits per heavy atom. The molecule has 1 aromatic carbocycles. The Labute approximate surface area is 431 Å². The van der Waals surface area contributed by atoms with E-state index >= 15 is 0 Å². The number of morpholine rings is 1. The van der Waals surface area contributed by atoms with Crippen molar-refractivity contribution in [2.45, 2.75) is 116 Å². The van der Waals surface area contributed by atoms with Crippen molar-refractivity contribution in [2.24, 2.45) is 11.3 Å². The van der Waals surface area contributed by atoms with Crippen molar-refractivity contribution < 1.29 is 55.7 Å². The number of rotatable bonds is 10. The number of esters is 1. The van der Waals surface area contributed by atoms with E-state index in [1.807, 2.05) is 19.9 Å². The predicted octanol–water partition coefficient (Wildman–Crippen LogP) is 6.65. The Hall–Kier alpha value is -5.97. The van der Waals surface area contributed by atoms with Crippen LogP contribution in [-0.2, 0) is 52.8 Å². The second-order valence-corrected chi connectivity index (χ2v) is 21.9. The molecule has 74 heavy (non-hydrogen) atoms. The van der Waals surface area contributed by atoms with Crippen LogP contribution in [0, 0.1) is 11.3 Å². The number of methoxy groups -OCH3 is 1. The number of hydrogen-bond donors (Lipinski definition) is 2. The van der Waals surface area contributed by atoms with Gasteiger partial charge in [-0.25, -0.2) is 24.4 Å². The molecule has 0 spiro atoms. The van der Waals surface area contributed by atoms with Gasteiger partial charge in [-0.2, -0.15) is 13.2 Å². The summed E-state index contributed by atoms with van der Waals surface area (Å²) in [5, 5.41) is 7.05. The Kier molecular flexibility index (Phi) is 15.9. The average molecular weight is 1050 g/mol. The van der Waals surface area contributed by atoms with E-state index in [9.17, 15) is 41.5 Å². The van der Waals surface area contributed by atoms with Gasteiger partial charge >= 0.3 is 18.2 Å². The van der Waals surface area contributed by atoms with Gasteiger partial charge in [-0.3, -0.25) is 24.4 Å². The summed E-state index contributed by atoms with van der Waals surface area (Å²) in [5.74, 6) is -2.66. The van der Waals surface area contributed by atoms with Gasteiger partial charge in [0.2, 0.25) is 11.8 Å². The molecular weight excluding hydrogens is 987 g/mol. The van der Waals surface area contributed by atoms with Crippen molar-refractivity contribution in [1.82, 2.24) is 45.0 Å². The quantitative estimate of drug-likeness (QED) is 0.0987. The number of alkyl halides is 4. The third-order valence-corrected chi connectivity index (χ3v) is 15.3. The summed E-state index contributed by atoms with van der Waals surface area (Å²) in [6.45, 7) is 9.46. The van der Waals surface area contributed by atoms with Crippen LogP contribution in [0.1, 0.15) is 76.8 Å². The third-order valence-electron chi connectivity index (χ3n) is 14.4. The summed E-state index contributed by atoms with van der Waals surface area (Å²) >= 11 is 1.24. The fraction of sp³-hybridized carbons (Fsp3) is 0.558. The Morgan fingerprint density at radius 1 is 1.11 bits per heavy atom. The van der Waals surface area contributed by atoms with Crippen LogP contribution in [0.25, 0.3) is 33.4 Å². The number of nitrogens with one attached hydrogen (secondary N) is 2. The predicted molar refractivity (Wildman–Crippen MR) is 268 cm³/mol. The van der Waals surface area contributed by atoms with Crippen LogP contribution in [0.15, 0.2) is 54.1 Å². The van der Waals surface area contributed by atoms with Gasteiger partial charge in [-0.15, -0.1) is 11.3 Å². The highest BCUT2D eigenvalue weighted by atomic mass is 32.1. The van der Waals surface area contributed by atoms with E-state index in [-0.39, 0.29) is 58.1 Å². The molecular formula is C52H65F4N9O8S. The summed E-state index contributed by atoms with van der Waals surface area (Å²) < 4.78 is 76.0. The number of hydrogen-bond acceptors (Lipinski definition) is 12. The van der Waals surface area contributed by atoms with E-state index in [0.29, 0.717) is 62.5 Å². The smallest absolute Gasteiger partial charge is 0.406 e. The summed E-state index contributed by atoms with van der Waals surface area (Å²) in [5.41, 5.74) is 4.09. The average Bonchev–Trinajstić information content (AvgIpc) is 4.09. The zero-order valence-electron chi connectivity index (χ0n) is 43.0. The lowest BCUT2D eigenvalue weighted by Gasteiger charge is -2.41. The van der Waals surface area contributed by atoms with Gasteiger partial charge < -0.3 is 38.8 Å². The largest absolute Gasteiger partial charge is 0.464 e. The molecule has 3 aromatic heterocycles. The minimum atomic E-state index is -4.61. The molecule has 3 fully saturated rings. The summed E-state index contributed by atoms with van der Waals surface area (Å²) in [6, 6.07) is 5.26. The van der Waals surface area contributed by atoms with Crippen LogP contribution in [0.4, 0.5) is 22.4 Å². The number of hydrazine groups is 1. The molecule has 0 unspecified atom stereocenters. The molecule has 8 rings (SSSR count). The van der Waals surface area contributed by atoms with Crippen molar-refractivity contribution in [1.29, 1.82) is 0 Å². The van der Waals surface area contributed by atoms with Crippen LogP contribution < -0.4 is 10.7 Å². The van der Waals surface area contributed by atoms with Crippen LogP contribution in [0.5, 0.6) is 0 Å². The summed E-state index contributed by atoms with van der Waals surface area (Å²) in [6.07, 6.45) is -1.02. The number of likely N-dealkylation sites (tertiary alicyclic amines) is 1. The molecule has 0 saturated carbocycles. The van der Waals surface area contributed by atoms with Crippen LogP contribution in [0.3, 0.4) is 0 Å². The number of benzene rings is 1. The lowest BCUT2D eigenvalue weighted by molar-refractivity contribution is -0.162. The van der Waals surface area contributed by atoms with Crippen molar-refractivity contribution >= 4 is 52.0 Å². The van der Waals surface area contributed by atoms with E-state index < -0.39 is 90.4 Å². The number of pyridine rings is 1. The Morgan fingerprint density at radius 2 is 1.88 bits per heavy atom. The lowest BCUT2D eigenvalue weighted by atomic mass is 9.84. The van der Waals surface area contributed by atoms with Gasteiger partial charge in [-0.1, -0.05) is 33.8 Å². The molecule has 400 valence electrons. The monoisotopic (exact) mass is 1050 g/mol. The van der Waals surface area contributed by atoms with Gasteiger partial charge in [0.1, 0.15) is 30.8 Å². The first kappa shape index (κ1) is 54.3. The number of likely N-dealkylation sites (N-methyl/N-ethyl adjacent to an activating group) is 1. The zero-order valence-corrected chi connectivity index (χ0v) is 43.8. The van der Waals surface area contributed by atoms with Crippen LogP contribution in [-0.4, -0.2) is 160 Å². The number of ether oxygens (including phenoxy) is 3. The minimum Gasteiger partial charge on any atom is -0.464 e. The maximum atomic E-state index is 14.9. The van der Waals surface area contributed by atoms with Crippen molar-refractivity contribution in [2.75, 3.05) is 60.2 Å². The van der Waals surface area contributed by atoms with Crippen molar-refractivity contribution in [3.8, 4) is 22.5 Å². The van der Waals surface area contributed by atoms with Gasteiger partial charge in [0.05, 0.1) is 60.1 Å².